The molecule has 2 unspecified atom stereocenters. The van der Waals surface area contributed by atoms with Gasteiger partial charge in [0.2, 0.25) is 5.91 Å². The molecule has 98 valence electrons. The van der Waals surface area contributed by atoms with E-state index >= 15 is 0 Å². The quantitative estimate of drug-likeness (QED) is 0.674. The lowest BCUT2D eigenvalue weighted by Gasteiger charge is -2.21. The number of hydrogen-bond donors (Lipinski definition) is 3. The van der Waals surface area contributed by atoms with Crippen molar-refractivity contribution in [3.8, 4) is 0 Å². The van der Waals surface area contributed by atoms with Crippen LogP contribution < -0.4 is 11.1 Å². The second-order valence-corrected chi connectivity index (χ2v) is 4.09. The van der Waals surface area contributed by atoms with Crippen LogP contribution in [-0.2, 0) is 9.59 Å². The Balaban J connectivity index is 2.86. The molecule has 0 spiro atoms. The van der Waals surface area contributed by atoms with Crippen LogP contribution in [0.5, 0.6) is 0 Å². The van der Waals surface area contributed by atoms with Crippen LogP contribution in [0.3, 0.4) is 0 Å². The van der Waals surface area contributed by atoms with E-state index in [1.165, 1.54) is 0 Å². The van der Waals surface area contributed by atoms with Crippen molar-refractivity contribution >= 4 is 11.9 Å². The van der Waals surface area contributed by atoms with E-state index in [1.54, 1.807) is 24.3 Å². The highest BCUT2D eigenvalue weighted by molar-refractivity contribution is 5.82. The first-order valence-electron chi connectivity index (χ1n) is 5.89. The lowest BCUT2D eigenvalue weighted by atomic mass is 10.0. The Bertz CT molecular complexity index is 406. The van der Waals surface area contributed by atoms with Crippen LogP contribution in [0.1, 0.15) is 31.4 Å². The largest absolute Gasteiger partial charge is 0.480 e. The van der Waals surface area contributed by atoms with Crippen molar-refractivity contribution in [1.29, 1.82) is 0 Å². The minimum Gasteiger partial charge on any atom is -0.480 e. The highest BCUT2D eigenvalue weighted by Crippen LogP contribution is 2.14. The van der Waals surface area contributed by atoms with Crippen LogP contribution in [0.4, 0.5) is 0 Å². The maximum atomic E-state index is 11.4. The van der Waals surface area contributed by atoms with Gasteiger partial charge < -0.3 is 10.8 Å². The smallest absolute Gasteiger partial charge is 0.320 e. The van der Waals surface area contributed by atoms with E-state index in [2.05, 4.69) is 5.32 Å². The minimum atomic E-state index is -0.973. The molecule has 0 saturated heterocycles. The van der Waals surface area contributed by atoms with Gasteiger partial charge in [-0.25, -0.2) is 0 Å². The van der Waals surface area contributed by atoms with Crippen molar-refractivity contribution < 1.29 is 14.7 Å². The summed E-state index contributed by atoms with van der Waals surface area (Å²) in [6.45, 7) is 1.89. The number of benzene rings is 1. The molecule has 5 heteroatoms. The molecule has 0 fully saturated rings. The number of rotatable bonds is 7. The first kappa shape index (κ1) is 14.2. The molecule has 0 aliphatic heterocycles. The third-order valence-electron chi connectivity index (χ3n) is 2.66. The van der Waals surface area contributed by atoms with Crippen LogP contribution >= 0.6 is 0 Å². The first-order valence-corrected chi connectivity index (χ1v) is 5.89. The van der Waals surface area contributed by atoms with Crippen molar-refractivity contribution in [3.63, 3.8) is 0 Å². The third-order valence-corrected chi connectivity index (χ3v) is 2.66. The molecule has 1 aromatic rings. The minimum absolute atomic E-state index is 0.450. The molecule has 18 heavy (non-hydrogen) atoms. The molecule has 1 aromatic carbocycles. The number of carboxylic acids is 1. The standard InChI is InChI=1S/C13H18N2O3/c1-2-6-10(13(17)18)15-11(12(14)16)9-7-4-3-5-8-9/h3-5,7-8,10-11,15H,2,6H2,1H3,(H2,14,16)(H,17,18). The van der Waals surface area contributed by atoms with Crippen LogP contribution in [0, 0.1) is 0 Å². The fourth-order valence-corrected chi connectivity index (χ4v) is 1.76. The molecule has 0 aliphatic rings. The fraction of sp³-hybridized carbons (Fsp3) is 0.385. The van der Waals surface area contributed by atoms with E-state index in [4.69, 9.17) is 10.8 Å². The van der Waals surface area contributed by atoms with E-state index < -0.39 is 24.0 Å². The summed E-state index contributed by atoms with van der Waals surface area (Å²) in [4.78, 5) is 22.5. The first-order chi connectivity index (χ1) is 8.56. The van der Waals surface area contributed by atoms with Crippen molar-refractivity contribution in [2.24, 2.45) is 5.73 Å². The summed E-state index contributed by atoms with van der Waals surface area (Å²) in [5.74, 6) is -1.55. The van der Waals surface area contributed by atoms with Crippen molar-refractivity contribution in [2.45, 2.75) is 31.8 Å². The predicted molar refractivity (Wildman–Crippen MR) is 67.8 cm³/mol. The van der Waals surface area contributed by atoms with Gasteiger partial charge in [-0.1, -0.05) is 43.7 Å². The fourth-order valence-electron chi connectivity index (χ4n) is 1.76. The molecule has 0 bridgehead atoms. The number of hydrogen-bond acceptors (Lipinski definition) is 3. The van der Waals surface area contributed by atoms with E-state index in [9.17, 15) is 9.59 Å². The lowest BCUT2D eigenvalue weighted by Crippen LogP contribution is -2.44. The summed E-state index contributed by atoms with van der Waals surface area (Å²) in [7, 11) is 0. The Morgan fingerprint density at radius 2 is 1.94 bits per heavy atom. The summed E-state index contributed by atoms with van der Waals surface area (Å²) in [6, 6.07) is 7.32. The van der Waals surface area contributed by atoms with Crippen LogP contribution in [0.15, 0.2) is 30.3 Å². The monoisotopic (exact) mass is 250 g/mol. The zero-order chi connectivity index (χ0) is 13.5. The average molecular weight is 250 g/mol. The van der Waals surface area contributed by atoms with Crippen molar-refractivity contribution in [1.82, 2.24) is 5.32 Å². The van der Waals surface area contributed by atoms with E-state index in [0.717, 1.165) is 0 Å². The number of nitrogens with two attached hydrogens (primary N) is 1. The van der Waals surface area contributed by atoms with Gasteiger partial charge in [0.1, 0.15) is 12.1 Å². The summed E-state index contributed by atoms with van der Waals surface area (Å²) < 4.78 is 0. The second-order valence-electron chi connectivity index (χ2n) is 4.09. The van der Waals surface area contributed by atoms with E-state index in [-0.39, 0.29) is 0 Å². The molecule has 5 nitrogen and oxygen atoms in total. The zero-order valence-corrected chi connectivity index (χ0v) is 10.3. The van der Waals surface area contributed by atoms with Gasteiger partial charge in [0, 0.05) is 0 Å². The lowest BCUT2D eigenvalue weighted by molar-refractivity contribution is -0.140. The molecule has 0 aliphatic carbocycles. The number of aliphatic carboxylic acids is 1. The molecule has 0 aromatic heterocycles. The summed E-state index contributed by atoms with van der Waals surface area (Å²) in [5.41, 5.74) is 5.99. The molecular formula is C13H18N2O3. The summed E-state index contributed by atoms with van der Waals surface area (Å²) in [6.07, 6.45) is 1.16. The predicted octanol–water partition coefficient (Wildman–Crippen LogP) is 1.06. The zero-order valence-electron chi connectivity index (χ0n) is 10.3. The number of amides is 1. The normalized spacial score (nSPS) is 13.8. The molecule has 4 N–H and O–H groups in total. The van der Waals surface area contributed by atoms with Crippen molar-refractivity contribution in [3.05, 3.63) is 35.9 Å². The molecule has 0 radical (unpaired) electrons. The highest BCUT2D eigenvalue weighted by Gasteiger charge is 2.25. The van der Waals surface area contributed by atoms with Gasteiger partial charge in [0.15, 0.2) is 0 Å². The third kappa shape index (κ3) is 3.85. The number of carboxylic acid groups (broad SMARTS) is 1. The Labute approximate surface area is 106 Å². The second kappa shape index (κ2) is 6.76. The number of nitrogens with one attached hydrogen (secondary N) is 1. The van der Waals surface area contributed by atoms with Gasteiger partial charge in [-0.05, 0) is 12.0 Å². The SMILES string of the molecule is CCCC(NC(C(N)=O)c1ccccc1)C(=O)O. The number of primary amides is 1. The van der Waals surface area contributed by atoms with Crippen LogP contribution in [0.2, 0.25) is 0 Å². The van der Waals surface area contributed by atoms with E-state index in [0.29, 0.717) is 18.4 Å². The molecular weight excluding hydrogens is 232 g/mol. The Morgan fingerprint density at radius 3 is 2.39 bits per heavy atom. The van der Waals surface area contributed by atoms with E-state index in [1.807, 2.05) is 13.0 Å². The van der Waals surface area contributed by atoms with Crippen LogP contribution in [0.25, 0.3) is 0 Å². The van der Waals surface area contributed by atoms with Gasteiger partial charge in [-0.3, -0.25) is 14.9 Å². The maximum absolute atomic E-state index is 11.4. The van der Waals surface area contributed by atoms with Gasteiger partial charge in [0.05, 0.1) is 0 Å². The molecule has 0 saturated carbocycles. The Morgan fingerprint density at radius 1 is 1.33 bits per heavy atom. The van der Waals surface area contributed by atoms with Gasteiger partial charge in [-0.2, -0.15) is 0 Å². The van der Waals surface area contributed by atoms with Gasteiger partial charge in [0.25, 0.3) is 0 Å². The molecule has 1 amide bonds. The molecule has 0 heterocycles. The Hall–Kier alpha value is -1.88. The van der Waals surface area contributed by atoms with Gasteiger partial charge >= 0.3 is 5.97 Å². The summed E-state index contributed by atoms with van der Waals surface area (Å²) in [5, 5.41) is 11.9. The number of carbonyl (C=O) groups is 2. The van der Waals surface area contributed by atoms with Crippen molar-refractivity contribution in [2.75, 3.05) is 0 Å². The maximum Gasteiger partial charge on any atom is 0.320 e. The highest BCUT2D eigenvalue weighted by atomic mass is 16.4. The Kier molecular flexibility index (Phi) is 5.32. The molecule has 1 rings (SSSR count). The molecule has 2 atom stereocenters. The van der Waals surface area contributed by atoms with Gasteiger partial charge in [-0.15, -0.1) is 0 Å². The average Bonchev–Trinajstić information content (AvgIpc) is 2.34. The summed E-state index contributed by atoms with van der Waals surface area (Å²) >= 11 is 0. The topological polar surface area (TPSA) is 92.4 Å². The number of carbonyl (C=O) groups excluding carboxylic acids is 1. The van der Waals surface area contributed by atoms with Crippen LogP contribution in [-0.4, -0.2) is 23.0 Å².